The Hall–Kier alpha value is -2.84. The van der Waals surface area contributed by atoms with Crippen molar-refractivity contribution in [1.29, 1.82) is 0 Å². The van der Waals surface area contributed by atoms with Crippen molar-refractivity contribution in [3.63, 3.8) is 0 Å². The molecule has 0 saturated carbocycles. The van der Waals surface area contributed by atoms with Crippen LogP contribution in [0.3, 0.4) is 0 Å². The van der Waals surface area contributed by atoms with Crippen LogP contribution in [0.2, 0.25) is 0 Å². The number of H-pyrrole nitrogens is 1. The molecule has 0 spiro atoms. The maximum Gasteiger partial charge on any atom is 0.262 e. The van der Waals surface area contributed by atoms with Gasteiger partial charge in [-0.25, -0.2) is 4.98 Å². The smallest absolute Gasteiger partial charge is 0.262 e. The number of hydrogen-bond acceptors (Lipinski definition) is 5. The van der Waals surface area contributed by atoms with E-state index in [1.165, 1.54) is 4.57 Å². The number of aromatic nitrogens is 3. The van der Waals surface area contributed by atoms with Gasteiger partial charge in [-0.05, 0) is 36.5 Å². The maximum atomic E-state index is 12.7. The Morgan fingerprint density at radius 1 is 1.21 bits per heavy atom. The average Bonchev–Trinajstić information content (AvgIpc) is 3.09. The van der Waals surface area contributed by atoms with Crippen molar-refractivity contribution in [1.82, 2.24) is 19.4 Å². The number of carbonyl (C=O) groups excluding carboxylic acids is 1. The second-order valence-electron chi connectivity index (χ2n) is 6.51. The average molecular weight is 411 g/mol. The first-order valence-electron chi connectivity index (χ1n) is 8.83. The number of benzene rings is 2. The lowest BCUT2D eigenvalue weighted by Gasteiger charge is -2.16. The minimum atomic E-state index is -0.180. The predicted molar refractivity (Wildman–Crippen MR) is 114 cm³/mol. The molecule has 0 unspecified atom stereocenters. The SMILES string of the molecule is CN(Cc1nc2ccccc2s1)C(=O)CCn1c(=S)[nH]c2ccccc2c1=O. The molecule has 1 amide bonds. The number of amides is 1. The minimum absolute atomic E-state index is 0.0614. The summed E-state index contributed by atoms with van der Waals surface area (Å²) in [5.41, 5.74) is 1.46. The van der Waals surface area contributed by atoms with Gasteiger partial charge in [-0.15, -0.1) is 11.3 Å². The molecule has 6 nitrogen and oxygen atoms in total. The molecule has 8 heteroatoms. The minimum Gasteiger partial charge on any atom is -0.339 e. The molecule has 28 heavy (non-hydrogen) atoms. The van der Waals surface area contributed by atoms with Crippen LogP contribution in [-0.4, -0.2) is 32.4 Å². The van der Waals surface area contributed by atoms with Crippen LogP contribution in [0.4, 0.5) is 0 Å². The summed E-state index contributed by atoms with van der Waals surface area (Å²) in [6, 6.07) is 15.1. The maximum absolute atomic E-state index is 12.7. The standard InChI is InChI=1S/C20H18N4O2S2/c1-23(12-17-21-15-8-4-5-9-16(15)28-17)18(25)10-11-24-19(26)13-6-2-3-7-14(13)22-20(24)27/h2-9H,10-12H2,1H3,(H,22,27). The highest BCUT2D eigenvalue weighted by atomic mass is 32.1. The van der Waals surface area contributed by atoms with Crippen LogP contribution in [0.15, 0.2) is 53.3 Å². The number of nitrogens with zero attached hydrogens (tertiary/aromatic N) is 3. The fourth-order valence-corrected chi connectivity index (χ4v) is 4.38. The molecular weight excluding hydrogens is 392 g/mol. The van der Waals surface area contributed by atoms with Gasteiger partial charge in [0.05, 0.1) is 27.7 Å². The number of carbonyl (C=O) groups is 1. The van der Waals surface area contributed by atoms with Gasteiger partial charge in [-0.3, -0.25) is 14.2 Å². The van der Waals surface area contributed by atoms with Gasteiger partial charge >= 0.3 is 0 Å². The van der Waals surface area contributed by atoms with E-state index in [0.717, 1.165) is 15.2 Å². The van der Waals surface area contributed by atoms with Crippen molar-refractivity contribution in [3.05, 3.63) is 68.7 Å². The summed E-state index contributed by atoms with van der Waals surface area (Å²) >= 11 is 6.88. The quantitative estimate of drug-likeness (QED) is 0.509. The number of hydrogen-bond donors (Lipinski definition) is 1. The molecule has 2 aromatic heterocycles. The molecule has 0 atom stereocenters. The van der Waals surface area contributed by atoms with E-state index in [4.69, 9.17) is 12.2 Å². The second-order valence-corrected chi connectivity index (χ2v) is 8.01. The predicted octanol–water partition coefficient (Wildman–Crippen LogP) is 3.72. The molecule has 142 valence electrons. The van der Waals surface area contributed by atoms with Crippen LogP contribution in [0.5, 0.6) is 0 Å². The second kappa shape index (κ2) is 7.65. The first-order chi connectivity index (χ1) is 13.5. The molecule has 0 bridgehead atoms. The van der Waals surface area contributed by atoms with Crippen LogP contribution < -0.4 is 5.56 Å². The van der Waals surface area contributed by atoms with E-state index >= 15 is 0 Å². The highest BCUT2D eigenvalue weighted by molar-refractivity contribution is 7.71. The normalized spacial score (nSPS) is 11.2. The zero-order valence-electron chi connectivity index (χ0n) is 15.2. The lowest BCUT2D eigenvalue weighted by Crippen LogP contribution is -2.29. The summed E-state index contributed by atoms with van der Waals surface area (Å²) in [6.45, 7) is 0.680. The number of rotatable bonds is 5. The molecule has 1 N–H and O–H groups in total. The lowest BCUT2D eigenvalue weighted by atomic mass is 10.2. The first-order valence-corrected chi connectivity index (χ1v) is 10.1. The van der Waals surface area contributed by atoms with Gasteiger partial charge in [0.2, 0.25) is 5.91 Å². The van der Waals surface area contributed by atoms with Crippen LogP contribution in [0.1, 0.15) is 11.4 Å². The molecule has 2 aromatic carbocycles. The number of fused-ring (bicyclic) bond motifs is 2. The first kappa shape index (κ1) is 18.5. The van der Waals surface area contributed by atoms with Crippen LogP contribution in [-0.2, 0) is 17.9 Å². The largest absolute Gasteiger partial charge is 0.339 e. The van der Waals surface area contributed by atoms with Crippen LogP contribution in [0, 0.1) is 4.77 Å². The molecule has 0 fully saturated rings. The van der Waals surface area contributed by atoms with Crippen molar-refractivity contribution >= 4 is 50.6 Å². The lowest BCUT2D eigenvalue weighted by molar-refractivity contribution is -0.130. The topological polar surface area (TPSA) is 71.0 Å². The van der Waals surface area contributed by atoms with Crippen molar-refractivity contribution in [2.24, 2.45) is 0 Å². The van der Waals surface area contributed by atoms with Crippen molar-refractivity contribution in [2.45, 2.75) is 19.5 Å². The molecule has 0 aliphatic heterocycles. The fraction of sp³-hybridized carbons (Fsp3) is 0.200. The third-order valence-corrected chi connectivity index (χ3v) is 5.92. The Morgan fingerprint density at radius 3 is 2.79 bits per heavy atom. The zero-order valence-corrected chi connectivity index (χ0v) is 16.8. The molecular formula is C20H18N4O2S2. The van der Waals surface area contributed by atoms with Gasteiger partial charge in [0.1, 0.15) is 5.01 Å². The van der Waals surface area contributed by atoms with Gasteiger partial charge < -0.3 is 9.88 Å². The van der Waals surface area contributed by atoms with E-state index in [0.29, 0.717) is 22.2 Å². The highest BCUT2D eigenvalue weighted by Crippen LogP contribution is 2.22. The Balaban J connectivity index is 1.47. The van der Waals surface area contributed by atoms with Gasteiger partial charge in [0.25, 0.3) is 5.56 Å². The molecule has 0 aliphatic carbocycles. The van der Waals surface area contributed by atoms with Crippen molar-refractivity contribution in [2.75, 3.05) is 7.05 Å². The molecule has 2 heterocycles. The summed E-state index contributed by atoms with van der Waals surface area (Å²) in [5.74, 6) is -0.0614. The summed E-state index contributed by atoms with van der Waals surface area (Å²) in [6.07, 6.45) is 0.192. The van der Waals surface area contributed by atoms with Crippen LogP contribution in [0.25, 0.3) is 21.1 Å². The number of para-hydroxylation sites is 2. The third-order valence-electron chi connectivity index (χ3n) is 4.58. The monoisotopic (exact) mass is 410 g/mol. The number of thiazole rings is 1. The summed E-state index contributed by atoms with van der Waals surface area (Å²) in [7, 11) is 1.75. The van der Waals surface area contributed by atoms with E-state index in [1.807, 2.05) is 42.5 Å². The van der Waals surface area contributed by atoms with E-state index in [2.05, 4.69) is 9.97 Å². The van der Waals surface area contributed by atoms with Crippen molar-refractivity contribution < 1.29 is 4.79 Å². The van der Waals surface area contributed by atoms with E-state index in [-0.39, 0.29) is 24.4 Å². The van der Waals surface area contributed by atoms with Crippen molar-refractivity contribution in [3.8, 4) is 0 Å². The Kier molecular flexibility index (Phi) is 5.06. The van der Waals surface area contributed by atoms with E-state index in [1.54, 1.807) is 29.4 Å². The highest BCUT2D eigenvalue weighted by Gasteiger charge is 2.14. The molecule has 4 aromatic rings. The Morgan fingerprint density at radius 2 is 1.96 bits per heavy atom. The van der Waals surface area contributed by atoms with Gasteiger partial charge in [-0.1, -0.05) is 24.3 Å². The molecule has 0 radical (unpaired) electrons. The number of nitrogens with one attached hydrogen (secondary N) is 1. The van der Waals surface area contributed by atoms with Gasteiger partial charge in [0.15, 0.2) is 4.77 Å². The summed E-state index contributed by atoms with van der Waals surface area (Å²) in [4.78, 5) is 34.5. The summed E-state index contributed by atoms with van der Waals surface area (Å²) in [5, 5.41) is 1.45. The third kappa shape index (κ3) is 3.61. The van der Waals surface area contributed by atoms with Gasteiger partial charge in [0, 0.05) is 20.0 Å². The van der Waals surface area contributed by atoms with E-state index in [9.17, 15) is 9.59 Å². The van der Waals surface area contributed by atoms with Crippen LogP contribution >= 0.6 is 23.6 Å². The molecule has 4 rings (SSSR count). The van der Waals surface area contributed by atoms with E-state index < -0.39 is 0 Å². The Labute approximate surface area is 170 Å². The van der Waals surface area contributed by atoms with Gasteiger partial charge in [-0.2, -0.15) is 0 Å². The summed E-state index contributed by atoms with van der Waals surface area (Å²) < 4.78 is 2.87. The fourth-order valence-electron chi connectivity index (χ4n) is 3.08. The molecule has 0 aliphatic rings. The molecule has 0 saturated heterocycles. The zero-order chi connectivity index (χ0) is 19.7. The Bertz CT molecular complexity index is 1260. The number of aromatic amines is 1.